The van der Waals surface area contributed by atoms with Crippen molar-refractivity contribution in [3.8, 4) is 22.9 Å². The Bertz CT molecular complexity index is 1200. The molecule has 1 aliphatic rings. The van der Waals surface area contributed by atoms with Crippen molar-refractivity contribution in [1.82, 2.24) is 20.6 Å². The summed E-state index contributed by atoms with van der Waals surface area (Å²) < 4.78 is 43.7. The lowest BCUT2D eigenvalue weighted by molar-refractivity contribution is -0.137. The molecule has 0 saturated carbocycles. The predicted molar refractivity (Wildman–Crippen MR) is 114 cm³/mol. The first kappa shape index (κ1) is 23.2. The highest BCUT2D eigenvalue weighted by Crippen LogP contribution is 2.31. The molecular formula is C23H19F3N4O4. The van der Waals surface area contributed by atoms with E-state index in [-0.39, 0.29) is 35.8 Å². The van der Waals surface area contributed by atoms with E-state index in [0.717, 1.165) is 12.1 Å². The SMILES string of the molecule is O=C(O)c1cc(CN[C@H]2CCNC2=O)nc(-c2ccc(Oc3ccc(C(F)(F)F)cc3)cc2)n1. The predicted octanol–water partition coefficient (Wildman–Crippen LogP) is 3.63. The van der Waals surface area contributed by atoms with Crippen LogP contribution in [-0.4, -0.2) is 39.5 Å². The molecule has 11 heteroatoms. The fraction of sp³-hybridized carbons (Fsp3) is 0.217. The number of carbonyl (C=O) groups is 2. The maximum absolute atomic E-state index is 12.7. The van der Waals surface area contributed by atoms with Gasteiger partial charge in [-0.05, 0) is 61.0 Å². The Hall–Kier alpha value is -3.99. The molecule has 2 heterocycles. The second-order valence-corrected chi connectivity index (χ2v) is 7.54. The molecule has 0 spiro atoms. The van der Waals surface area contributed by atoms with Gasteiger partial charge < -0.3 is 20.5 Å². The van der Waals surface area contributed by atoms with Gasteiger partial charge in [0, 0.05) is 18.7 Å². The van der Waals surface area contributed by atoms with Crippen molar-refractivity contribution < 1.29 is 32.6 Å². The van der Waals surface area contributed by atoms with E-state index >= 15 is 0 Å². The van der Waals surface area contributed by atoms with Crippen molar-refractivity contribution in [3.63, 3.8) is 0 Å². The molecule has 2 aromatic carbocycles. The standard InChI is InChI=1S/C23H19F3N4O4/c24-23(25,26)14-3-7-17(8-4-14)34-16-5-1-13(2-6-16)20-29-15(11-19(30-20)22(32)33)12-28-18-9-10-27-21(18)31/h1-8,11,18,28H,9-10,12H2,(H,27,31)(H,32,33)/t18-/m0/s1. The van der Waals surface area contributed by atoms with Crippen LogP contribution in [0.1, 0.15) is 28.2 Å². The summed E-state index contributed by atoms with van der Waals surface area (Å²) in [7, 11) is 0. The minimum atomic E-state index is -4.43. The number of benzene rings is 2. The molecule has 0 unspecified atom stereocenters. The molecule has 0 bridgehead atoms. The minimum absolute atomic E-state index is 0.114. The Morgan fingerprint density at radius 2 is 1.74 bits per heavy atom. The molecule has 1 aliphatic heterocycles. The van der Waals surface area contributed by atoms with E-state index in [1.54, 1.807) is 24.3 Å². The van der Waals surface area contributed by atoms with E-state index in [1.807, 2.05) is 0 Å². The van der Waals surface area contributed by atoms with Crippen molar-refractivity contribution in [3.05, 3.63) is 71.5 Å². The Labute approximate surface area is 191 Å². The molecule has 34 heavy (non-hydrogen) atoms. The molecule has 0 aliphatic carbocycles. The number of nitrogens with one attached hydrogen (secondary N) is 2. The monoisotopic (exact) mass is 472 g/mol. The van der Waals surface area contributed by atoms with Crippen LogP contribution in [0.15, 0.2) is 54.6 Å². The number of halogens is 3. The Morgan fingerprint density at radius 1 is 1.09 bits per heavy atom. The fourth-order valence-electron chi connectivity index (χ4n) is 3.36. The zero-order valence-corrected chi connectivity index (χ0v) is 17.6. The molecule has 0 radical (unpaired) electrons. The number of aromatic carboxylic acids is 1. The highest BCUT2D eigenvalue weighted by atomic mass is 19.4. The molecule has 4 rings (SSSR count). The number of nitrogens with zero attached hydrogens (tertiary/aromatic N) is 2. The van der Waals surface area contributed by atoms with Crippen LogP contribution in [-0.2, 0) is 17.5 Å². The molecule has 8 nitrogen and oxygen atoms in total. The number of aromatic nitrogens is 2. The van der Waals surface area contributed by atoms with Crippen LogP contribution in [0.2, 0.25) is 0 Å². The summed E-state index contributed by atoms with van der Waals surface area (Å²) in [5.74, 6) is -0.558. The van der Waals surface area contributed by atoms with Crippen LogP contribution in [0.3, 0.4) is 0 Å². The molecule has 1 atom stereocenters. The number of carboxylic acid groups (broad SMARTS) is 1. The minimum Gasteiger partial charge on any atom is -0.477 e. The van der Waals surface area contributed by atoms with Gasteiger partial charge in [-0.25, -0.2) is 14.8 Å². The van der Waals surface area contributed by atoms with Gasteiger partial charge in [-0.2, -0.15) is 13.2 Å². The van der Waals surface area contributed by atoms with E-state index in [2.05, 4.69) is 20.6 Å². The molecule has 1 fully saturated rings. The average Bonchev–Trinajstić information content (AvgIpc) is 3.22. The van der Waals surface area contributed by atoms with Gasteiger partial charge in [0.1, 0.15) is 11.5 Å². The highest BCUT2D eigenvalue weighted by molar-refractivity contribution is 5.86. The van der Waals surface area contributed by atoms with Crippen LogP contribution in [0.25, 0.3) is 11.4 Å². The summed E-state index contributed by atoms with van der Waals surface area (Å²) in [5.41, 5.74) is -0.0397. The number of carbonyl (C=O) groups excluding carboxylic acids is 1. The number of ether oxygens (including phenoxy) is 1. The summed E-state index contributed by atoms with van der Waals surface area (Å²) in [4.78, 5) is 31.7. The molecule has 1 aromatic heterocycles. The largest absolute Gasteiger partial charge is 0.477 e. The lowest BCUT2D eigenvalue weighted by Crippen LogP contribution is -2.36. The molecule has 176 valence electrons. The van der Waals surface area contributed by atoms with Gasteiger partial charge in [-0.15, -0.1) is 0 Å². The van der Waals surface area contributed by atoms with Gasteiger partial charge >= 0.3 is 12.1 Å². The van der Waals surface area contributed by atoms with Crippen LogP contribution in [0, 0.1) is 0 Å². The number of amides is 1. The summed E-state index contributed by atoms with van der Waals surface area (Å²) in [6.45, 7) is 0.760. The third-order valence-electron chi connectivity index (χ3n) is 5.11. The summed E-state index contributed by atoms with van der Waals surface area (Å²) in [6, 6.07) is 11.7. The number of carboxylic acids is 1. The third kappa shape index (κ3) is 5.49. The van der Waals surface area contributed by atoms with Crippen molar-refractivity contribution in [2.45, 2.75) is 25.2 Å². The van der Waals surface area contributed by atoms with E-state index in [1.165, 1.54) is 18.2 Å². The van der Waals surface area contributed by atoms with Crippen LogP contribution < -0.4 is 15.4 Å². The molecular weight excluding hydrogens is 453 g/mol. The van der Waals surface area contributed by atoms with Crippen molar-refractivity contribution >= 4 is 11.9 Å². The normalized spacial score (nSPS) is 15.7. The zero-order chi connectivity index (χ0) is 24.3. The second kappa shape index (κ2) is 9.48. The van der Waals surface area contributed by atoms with E-state index in [4.69, 9.17) is 4.74 Å². The number of hydrogen-bond donors (Lipinski definition) is 3. The van der Waals surface area contributed by atoms with Crippen molar-refractivity contribution in [1.29, 1.82) is 0 Å². The summed E-state index contributed by atoms with van der Waals surface area (Å²) in [6.07, 6.45) is -3.80. The van der Waals surface area contributed by atoms with Gasteiger partial charge in [0.25, 0.3) is 0 Å². The van der Waals surface area contributed by atoms with Crippen LogP contribution in [0.5, 0.6) is 11.5 Å². The Morgan fingerprint density at radius 3 is 2.29 bits per heavy atom. The van der Waals surface area contributed by atoms with Gasteiger partial charge in [0.05, 0.1) is 17.3 Å². The number of hydrogen-bond acceptors (Lipinski definition) is 6. The first-order chi connectivity index (χ1) is 16.2. The number of alkyl halides is 3. The van der Waals surface area contributed by atoms with Gasteiger partial charge in [0.15, 0.2) is 11.5 Å². The zero-order valence-electron chi connectivity index (χ0n) is 17.6. The maximum atomic E-state index is 12.7. The first-order valence-electron chi connectivity index (χ1n) is 10.3. The number of rotatable bonds is 7. The third-order valence-corrected chi connectivity index (χ3v) is 5.11. The average molecular weight is 472 g/mol. The molecule has 1 amide bonds. The van der Waals surface area contributed by atoms with E-state index < -0.39 is 17.7 Å². The summed E-state index contributed by atoms with van der Waals surface area (Å²) in [5, 5.41) is 15.2. The van der Waals surface area contributed by atoms with Gasteiger partial charge in [-0.1, -0.05) is 0 Å². The Balaban J connectivity index is 1.50. The molecule has 1 saturated heterocycles. The topological polar surface area (TPSA) is 113 Å². The smallest absolute Gasteiger partial charge is 0.416 e. The van der Waals surface area contributed by atoms with Crippen molar-refractivity contribution in [2.75, 3.05) is 6.54 Å². The van der Waals surface area contributed by atoms with Gasteiger partial charge in [-0.3, -0.25) is 4.79 Å². The lowest BCUT2D eigenvalue weighted by Gasteiger charge is -2.11. The molecule has 3 aromatic rings. The van der Waals surface area contributed by atoms with Crippen LogP contribution >= 0.6 is 0 Å². The lowest BCUT2D eigenvalue weighted by atomic mass is 10.2. The highest BCUT2D eigenvalue weighted by Gasteiger charge is 2.30. The quantitative estimate of drug-likeness (QED) is 0.481. The first-order valence-corrected chi connectivity index (χ1v) is 10.3. The Kier molecular flexibility index (Phi) is 6.46. The maximum Gasteiger partial charge on any atom is 0.416 e. The van der Waals surface area contributed by atoms with Crippen LogP contribution in [0.4, 0.5) is 13.2 Å². The second-order valence-electron chi connectivity index (χ2n) is 7.54. The van der Waals surface area contributed by atoms with Crippen molar-refractivity contribution in [2.24, 2.45) is 0 Å². The van der Waals surface area contributed by atoms with E-state index in [0.29, 0.717) is 30.0 Å². The fourth-order valence-corrected chi connectivity index (χ4v) is 3.36. The van der Waals surface area contributed by atoms with Gasteiger partial charge in [0.2, 0.25) is 5.91 Å². The summed E-state index contributed by atoms with van der Waals surface area (Å²) >= 11 is 0. The molecule has 3 N–H and O–H groups in total. The van der Waals surface area contributed by atoms with E-state index in [9.17, 15) is 27.9 Å².